The van der Waals surface area contributed by atoms with Gasteiger partial charge in [-0.3, -0.25) is 9.69 Å². The Morgan fingerprint density at radius 2 is 1.82 bits per heavy atom. The molecule has 22 heavy (non-hydrogen) atoms. The van der Waals surface area contributed by atoms with E-state index >= 15 is 0 Å². The Balaban J connectivity index is 0.00000220. The van der Waals surface area contributed by atoms with Gasteiger partial charge in [0.15, 0.2) is 0 Å². The van der Waals surface area contributed by atoms with Crippen LogP contribution < -0.4 is 10.6 Å². The average Bonchev–Trinajstić information content (AvgIpc) is 3.15. The number of nitrogens with zero attached hydrogens (tertiary/aromatic N) is 1. The zero-order valence-corrected chi connectivity index (χ0v) is 15.6. The second-order valence-electron chi connectivity index (χ2n) is 6.28. The van der Waals surface area contributed by atoms with Gasteiger partial charge in [0.1, 0.15) is 0 Å². The van der Waals surface area contributed by atoms with Gasteiger partial charge in [0.25, 0.3) is 0 Å². The summed E-state index contributed by atoms with van der Waals surface area (Å²) in [6, 6.07) is 0.578. The molecule has 2 fully saturated rings. The van der Waals surface area contributed by atoms with Gasteiger partial charge >= 0.3 is 0 Å². The van der Waals surface area contributed by atoms with Crippen LogP contribution in [0.2, 0.25) is 0 Å². The van der Waals surface area contributed by atoms with Crippen molar-refractivity contribution in [2.75, 3.05) is 26.2 Å². The summed E-state index contributed by atoms with van der Waals surface area (Å²) in [5.41, 5.74) is 0. The molecular formula is C16H33Cl2N3O. The normalized spacial score (nSPS) is 23.0. The highest BCUT2D eigenvalue weighted by Gasteiger charge is 2.29. The molecule has 2 rings (SSSR count). The lowest BCUT2D eigenvalue weighted by atomic mass is 9.93. The summed E-state index contributed by atoms with van der Waals surface area (Å²) in [7, 11) is 0. The van der Waals surface area contributed by atoms with Crippen LogP contribution in [0.4, 0.5) is 0 Å². The van der Waals surface area contributed by atoms with E-state index in [1.165, 1.54) is 38.8 Å². The van der Waals surface area contributed by atoms with Gasteiger partial charge in [-0.25, -0.2) is 0 Å². The number of carbonyl (C=O) groups is 1. The van der Waals surface area contributed by atoms with Crippen molar-refractivity contribution in [1.82, 2.24) is 15.5 Å². The van der Waals surface area contributed by atoms with Crippen LogP contribution >= 0.6 is 24.8 Å². The number of carbonyl (C=O) groups excluding carboxylic acids is 1. The smallest absolute Gasteiger partial charge is 0.237 e. The molecule has 2 heterocycles. The van der Waals surface area contributed by atoms with Gasteiger partial charge < -0.3 is 10.6 Å². The number of nitrogens with one attached hydrogen (secondary N) is 2. The summed E-state index contributed by atoms with van der Waals surface area (Å²) >= 11 is 0. The quantitative estimate of drug-likeness (QED) is 0.739. The highest BCUT2D eigenvalue weighted by molar-refractivity contribution is 5.85. The van der Waals surface area contributed by atoms with Crippen LogP contribution in [0.15, 0.2) is 0 Å². The molecule has 2 saturated heterocycles. The van der Waals surface area contributed by atoms with Gasteiger partial charge in [0, 0.05) is 12.6 Å². The monoisotopic (exact) mass is 353 g/mol. The predicted molar refractivity (Wildman–Crippen MR) is 97.2 cm³/mol. The van der Waals surface area contributed by atoms with Gasteiger partial charge in [-0.05, 0) is 51.2 Å². The summed E-state index contributed by atoms with van der Waals surface area (Å²) in [6.45, 7) is 8.77. The summed E-state index contributed by atoms with van der Waals surface area (Å²) in [5.74, 6) is 0.905. The van der Waals surface area contributed by atoms with Gasteiger partial charge in [-0.2, -0.15) is 0 Å². The van der Waals surface area contributed by atoms with Crippen molar-refractivity contribution < 1.29 is 4.79 Å². The minimum atomic E-state index is 0. The Morgan fingerprint density at radius 3 is 2.32 bits per heavy atom. The largest absolute Gasteiger partial charge is 0.353 e. The van der Waals surface area contributed by atoms with Crippen molar-refractivity contribution in [2.45, 2.75) is 64.5 Å². The van der Waals surface area contributed by atoms with E-state index < -0.39 is 0 Å². The Hall–Kier alpha value is -0.0300. The van der Waals surface area contributed by atoms with Crippen LogP contribution in [0, 0.1) is 5.92 Å². The zero-order chi connectivity index (χ0) is 14.4. The second-order valence-corrected chi connectivity index (χ2v) is 6.28. The van der Waals surface area contributed by atoms with E-state index in [-0.39, 0.29) is 36.8 Å². The van der Waals surface area contributed by atoms with Gasteiger partial charge in [0.05, 0.1) is 6.04 Å². The molecule has 0 aromatic carbocycles. The molecule has 0 aliphatic carbocycles. The topological polar surface area (TPSA) is 44.4 Å². The number of likely N-dealkylation sites (tertiary alicyclic amines) is 1. The van der Waals surface area contributed by atoms with E-state index in [2.05, 4.69) is 29.4 Å². The molecule has 0 aromatic heterocycles. The minimum Gasteiger partial charge on any atom is -0.353 e. The lowest BCUT2D eigenvalue weighted by molar-refractivity contribution is -0.123. The van der Waals surface area contributed by atoms with Crippen molar-refractivity contribution in [1.29, 1.82) is 0 Å². The van der Waals surface area contributed by atoms with Gasteiger partial charge in [-0.1, -0.05) is 26.7 Å². The Morgan fingerprint density at radius 1 is 1.18 bits per heavy atom. The molecule has 1 unspecified atom stereocenters. The predicted octanol–water partition coefficient (Wildman–Crippen LogP) is 2.60. The van der Waals surface area contributed by atoms with Crippen LogP contribution in [0.5, 0.6) is 0 Å². The van der Waals surface area contributed by atoms with Crippen molar-refractivity contribution in [3.63, 3.8) is 0 Å². The van der Waals surface area contributed by atoms with E-state index in [0.717, 1.165) is 25.9 Å². The maximum Gasteiger partial charge on any atom is 0.237 e. The molecule has 0 spiro atoms. The lowest BCUT2D eigenvalue weighted by Gasteiger charge is -2.34. The number of hydrogen-bond acceptors (Lipinski definition) is 3. The van der Waals surface area contributed by atoms with Gasteiger partial charge in [0.2, 0.25) is 5.91 Å². The fraction of sp³-hybridized carbons (Fsp3) is 0.938. The highest BCUT2D eigenvalue weighted by Crippen LogP contribution is 2.22. The van der Waals surface area contributed by atoms with Crippen LogP contribution in [-0.4, -0.2) is 49.1 Å². The first-order valence-corrected chi connectivity index (χ1v) is 8.51. The van der Waals surface area contributed by atoms with Crippen LogP contribution in [0.1, 0.15) is 52.4 Å². The first-order chi connectivity index (χ1) is 9.76. The van der Waals surface area contributed by atoms with E-state index in [1.807, 2.05) is 0 Å². The third kappa shape index (κ3) is 5.88. The SMILES string of the molecule is CCC(CC)C(CNC(=O)[C@@H]1CCCN1)N1CCCC1.Cl.Cl. The van der Waals surface area contributed by atoms with Crippen LogP contribution in [-0.2, 0) is 4.79 Å². The molecule has 1 amide bonds. The first-order valence-electron chi connectivity index (χ1n) is 8.51. The maximum atomic E-state index is 12.2. The standard InChI is InChI=1S/C16H31N3O.2ClH/c1-3-13(4-2)15(19-10-5-6-11-19)12-18-16(20)14-8-7-9-17-14;;/h13-15,17H,3-12H2,1-2H3,(H,18,20);2*1H/t14-,15?;;/m0../s1. The van der Waals surface area contributed by atoms with Crippen molar-refractivity contribution in [3.8, 4) is 0 Å². The van der Waals surface area contributed by atoms with Crippen molar-refractivity contribution in [2.24, 2.45) is 5.92 Å². The third-order valence-corrected chi connectivity index (χ3v) is 5.06. The first kappa shape index (κ1) is 22.0. The van der Waals surface area contributed by atoms with Crippen LogP contribution in [0.25, 0.3) is 0 Å². The van der Waals surface area contributed by atoms with Gasteiger partial charge in [-0.15, -0.1) is 24.8 Å². The lowest BCUT2D eigenvalue weighted by Crippen LogP contribution is -2.50. The Bertz CT molecular complexity index is 300. The third-order valence-electron chi connectivity index (χ3n) is 5.06. The van der Waals surface area contributed by atoms with Crippen molar-refractivity contribution >= 4 is 30.7 Å². The molecule has 0 aromatic rings. The molecular weight excluding hydrogens is 321 g/mol. The Kier molecular flexibility index (Phi) is 11.5. The minimum absolute atomic E-state index is 0. The number of rotatable bonds is 7. The molecule has 6 heteroatoms. The summed E-state index contributed by atoms with van der Waals surface area (Å²) < 4.78 is 0. The van der Waals surface area contributed by atoms with E-state index in [1.54, 1.807) is 0 Å². The zero-order valence-electron chi connectivity index (χ0n) is 14.0. The molecule has 0 saturated carbocycles. The van der Waals surface area contributed by atoms with Crippen LogP contribution in [0.3, 0.4) is 0 Å². The van der Waals surface area contributed by atoms with E-state index in [0.29, 0.717) is 12.0 Å². The van der Waals surface area contributed by atoms with E-state index in [9.17, 15) is 4.79 Å². The fourth-order valence-electron chi connectivity index (χ4n) is 3.74. The van der Waals surface area contributed by atoms with Crippen molar-refractivity contribution in [3.05, 3.63) is 0 Å². The number of halogens is 2. The summed E-state index contributed by atoms with van der Waals surface area (Å²) in [5, 5.41) is 6.49. The molecule has 2 atom stereocenters. The highest BCUT2D eigenvalue weighted by atomic mass is 35.5. The number of amides is 1. The fourth-order valence-corrected chi connectivity index (χ4v) is 3.74. The maximum absolute atomic E-state index is 12.2. The Labute approximate surface area is 148 Å². The second kappa shape index (κ2) is 11.5. The molecule has 0 bridgehead atoms. The molecule has 4 nitrogen and oxygen atoms in total. The van der Waals surface area contributed by atoms with E-state index in [4.69, 9.17) is 0 Å². The summed E-state index contributed by atoms with van der Waals surface area (Å²) in [6.07, 6.45) is 7.15. The molecule has 2 aliphatic heterocycles. The molecule has 2 N–H and O–H groups in total. The number of hydrogen-bond donors (Lipinski definition) is 2. The molecule has 0 radical (unpaired) electrons. The summed E-state index contributed by atoms with van der Waals surface area (Å²) in [4.78, 5) is 14.8. The average molecular weight is 354 g/mol. The molecule has 2 aliphatic rings. The molecule has 132 valence electrons.